The Morgan fingerprint density at radius 2 is 2.05 bits per heavy atom. The number of hydrogen-bond acceptors (Lipinski definition) is 2. The molecule has 1 aromatic heterocycles. The van der Waals surface area contributed by atoms with Crippen molar-refractivity contribution in [1.29, 1.82) is 0 Å². The van der Waals surface area contributed by atoms with Crippen LogP contribution in [0.3, 0.4) is 0 Å². The highest BCUT2D eigenvalue weighted by Gasteiger charge is 2.15. The predicted molar refractivity (Wildman–Crippen MR) is 86.5 cm³/mol. The third-order valence-corrected chi connectivity index (χ3v) is 4.89. The number of aryl methyl sites for hydroxylation is 1. The van der Waals surface area contributed by atoms with Crippen LogP contribution in [0.2, 0.25) is 0 Å². The Balaban J connectivity index is 1.83. The summed E-state index contributed by atoms with van der Waals surface area (Å²) >= 11 is 3.55. The van der Waals surface area contributed by atoms with E-state index in [1.807, 2.05) is 12.4 Å². The maximum absolute atomic E-state index is 4.48. The minimum Gasteiger partial charge on any atom is -0.353 e. The molecule has 20 heavy (non-hydrogen) atoms. The molecule has 1 aliphatic carbocycles. The SMILES string of the molecule is Cc1cc(-n2ccnc2NC2CCCCC2)ccc1Br. The largest absolute Gasteiger partial charge is 0.353 e. The zero-order valence-corrected chi connectivity index (χ0v) is 13.4. The summed E-state index contributed by atoms with van der Waals surface area (Å²) in [6.07, 6.45) is 10.4. The average molecular weight is 334 g/mol. The van der Waals surface area contributed by atoms with E-state index in [1.54, 1.807) is 0 Å². The monoisotopic (exact) mass is 333 g/mol. The zero-order valence-electron chi connectivity index (χ0n) is 11.8. The second kappa shape index (κ2) is 6.00. The summed E-state index contributed by atoms with van der Waals surface area (Å²) in [6, 6.07) is 6.96. The highest BCUT2D eigenvalue weighted by molar-refractivity contribution is 9.10. The molecule has 1 aliphatic rings. The molecular weight excluding hydrogens is 314 g/mol. The Morgan fingerprint density at radius 3 is 2.80 bits per heavy atom. The smallest absolute Gasteiger partial charge is 0.207 e. The lowest BCUT2D eigenvalue weighted by molar-refractivity contribution is 0.460. The molecule has 3 nitrogen and oxygen atoms in total. The van der Waals surface area contributed by atoms with Crippen LogP contribution in [0.25, 0.3) is 5.69 Å². The van der Waals surface area contributed by atoms with E-state index >= 15 is 0 Å². The van der Waals surface area contributed by atoms with Gasteiger partial charge in [0.2, 0.25) is 5.95 Å². The average Bonchev–Trinajstić information content (AvgIpc) is 2.91. The van der Waals surface area contributed by atoms with Gasteiger partial charge in [0.1, 0.15) is 0 Å². The Bertz CT molecular complexity index is 585. The van der Waals surface area contributed by atoms with Crippen molar-refractivity contribution < 1.29 is 0 Å². The van der Waals surface area contributed by atoms with Gasteiger partial charge in [0.15, 0.2) is 0 Å². The number of aromatic nitrogens is 2. The first-order valence-corrected chi connectivity index (χ1v) is 8.10. The normalized spacial score (nSPS) is 16.3. The van der Waals surface area contributed by atoms with Crippen LogP contribution in [0.1, 0.15) is 37.7 Å². The van der Waals surface area contributed by atoms with Gasteiger partial charge in [-0.1, -0.05) is 35.2 Å². The maximum atomic E-state index is 4.48. The van der Waals surface area contributed by atoms with Crippen molar-refractivity contribution in [3.05, 3.63) is 40.6 Å². The molecule has 1 saturated carbocycles. The van der Waals surface area contributed by atoms with Gasteiger partial charge in [-0.2, -0.15) is 0 Å². The molecule has 0 saturated heterocycles. The molecule has 0 unspecified atom stereocenters. The minimum absolute atomic E-state index is 0.571. The molecule has 0 bridgehead atoms. The number of anilines is 1. The van der Waals surface area contributed by atoms with E-state index in [9.17, 15) is 0 Å². The van der Waals surface area contributed by atoms with Crippen LogP contribution >= 0.6 is 15.9 Å². The summed E-state index contributed by atoms with van der Waals surface area (Å²) in [5.74, 6) is 0.957. The van der Waals surface area contributed by atoms with E-state index in [-0.39, 0.29) is 0 Å². The number of hydrogen-bond donors (Lipinski definition) is 1. The fraction of sp³-hybridized carbons (Fsp3) is 0.438. The van der Waals surface area contributed by atoms with Crippen LogP contribution in [-0.2, 0) is 0 Å². The van der Waals surface area contributed by atoms with E-state index in [0.717, 1.165) is 16.1 Å². The van der Waals surface area contributed by atoms with Crippen LogP contribution in [0.4, 0.5) is 5.95 Å². The quantitative estimate of drug-likeness (QED) is 0.883. The first kappa shape index (κ1) is 13.7. The molecule has 1 N–H and O–H groups in total. The van der Waals surface area contributed by atoms with Crippen molar-refractivity contribution in [2.45, 2.75) is 45.1 Å². The molecular formula is C16H20BrN3. The van der Waals surface area contributed by atoms with E-state index < -0.39 is 0 Å². The molecule has 4 heteroatoms. The van der Waals surface area contributed by atoms with E-state index in [2.05, 4.69) is 55.9 Å². The molecule has 0 radical (unpaired) electrons. The fourth-order valence-electron chi connectivity index (χ4n) is 2.83. The lowest BCUT2D eigenvalue weighted by atomic mass is 9.96. The number of nitrogens with one attached hydrogen (secondary N) is 1. The topological polar surface area (TPSA) is 29.9 Å². The minimum atomic E-state index is 0.571. The molecule has 0 amide bonds. The lowest BCUT2D eigenvalue weighted by Gasteiger charge is -2.23. The van der Waals surface area contributed by atoms with Crippen molar-refractivity contribution in [2.75, 3.05) is 5.32 Å². The van der Waals surface area contributed by atoms with Crippen LogP contribution in [0.5, 0.6) is 0 Å². The third-order valence-electron chi connectivity index (χ3n) is 4.00. The molecule has 106 valence electrons. The van der Waals surface area contributed by atoms with Crippen LogP contribution in [0.15, 0.2) is 35.1 Å². The molecule has 0 atom stereocenters. The second-order valence-electron chi connectivity index (χ2n) is 5.53. The summed E-state index contributed by atoms with van der Waals surface area (Å²) in [5.41, 5.74) is 2.39. The summed E-state index contributed by atoms with van der Waals surface area (Å²) in [6.45, 7) is 2.11. The molecule has 0 aliphatic heterocycles. The van der Waals surface area contributed by atoms with Crippen LogP contribution < -0.4 is 5.32 Å². The van der Waals surface area contributed by atoms with Gasteiger partial charge in [-0.05, 0) is 43.5 Å². The van der Waals surface area contributed by atoms with Crippen molar-refractivity contribution in [2.24, 2.45) is 0 Å². The fourth-order valence-corrected chi connectivity index (χ4v) is 3.07. The Labute approximate surface area is 128 Å². The van der Waals surface area contributed by atoms with E-state index in [4.69, 9.17) is 0 Å². The second-order valence-corrected chi connectivity index (χ2v) is 6.39. The van der Waals surface area contributed by atoms with Crippen LogP contribution in [-0.4, -0.2) is 15.6 Å². The van der Waals surface area contributed by atoms with E-state index in [0.29, 0.717) is 6.04 Å². The number of halogens is 1. The van der Waals surface area contributed by atoms with Crippen molar-refractivity contribution >= 4 is 21.9 Å². The van der Waals surface area contributed by atoms with Gasteiger partial charge in [0.25, 0.3) is 0 Å². The maximum Gasteiger partial charge on any atom is 0.207 e. The molecule has 1 fully saturated rings. The van der Waals surface area contributed by atoms with Gasteiger partial charge < -0.3 is 5.32 Å². The van der Waals surface area contributed by atoms with Crippen LogP contribution in [0, 0.1) is 6.92 Å². The Morgan fingerprint density at radius 1 is 1.25 bits per heavy atom. The molecule has 2 aromatic rings. The highest BCUT2D eigenvalue weighted by Crippen LogP contribution is 2.24. The number of imidazole rings is 1. The molecule has 1 aromatic carbocycles. The lowest BCUT2D eigenvalue weighted by Crippen LogP contribution is -2.24. The van der Waals surface area contributed by atoms with Crippen molar-refractivity contribution in [3.63, 3.8) is 0 Å². The van der Waals surface area contributed by atoms with Crippen molar-refractivity contribution in [1.82, 2.24) is 9.55 Å². The van der Waals surface area contributed by atoms with Gasteiger partial charge >= 0.3 is 0 Å². The summed E-state index contributed by atoms with van der Waals surface area (Å²) in [5, 5.41) is 3.60. The van der Waals surface area contributed by atoms with Gasteiger partial charge in [-0.15, -0.1) is 0 Å². The zero-order chi connectivity index (χ0) is 13.9. The first-order chi connectivity index (χ1) is 9.74. The standard InChI is InChI=1S/C16H20BrN3/c1-12-11-14(7-8-15(12)17)20-10-9-18-16(20)19-13-5-3-2-4-6-13/h7-11,13H,2-6H2,1H3,(H,18,19). The van der Waals surface area contributed by atoms with Gasteiger partial charge in [0, 0.05) is 28.6 Å². The van der Waals surface area contributed by atoms with Crippen molar-refractivity contribution in [3.8, 4) is 5.69 Å². The number of benzene rings is 1. The highest BCUT2D eigenvalue weighted by atomic mass is 79.9. The molecule has 0 spiro atoms. The Hall–Kier alpha value is -1.29. The summed E-state index contributed by atoms with van der Waals surface area (Å²) in [4.78, 5) is 4.48. The summed E-state index contributed by atoms with van der Waals surface area (Å²) < 4.78 is 3.27. The summed E-state index contributed by atoms with van der Waals surface area (Å²) in [7, 11) is 0. The predicted octanol–water partition coefficient (Wildman–Crippen LogP) is 4.69. The number of rotatable bonds is 3. The third kappa shape index (κ3) is 2.90. The Kier molecular flexibility index (Phi) is 4.10. The first-order valence-electron chi connectivity index (χ1n) is 7.30. The number of nitrogens with zero attached hydrogens (tertiary/aromatic N) is 2. The molecule has 3 rings (SSSR count). The van der Waals surface area contributed by atoms with Gasteiger partial charge in [-0.25, -0.2) is 4.98 Å². The van der Waals surface area contributed by atoms with Gasteiger partial charge in [0.05, 0.1) is 0 Å². The van der Waals surface area contributed by atoms with Gasteiger partial charge in [-0.3, -0.25) is 4.57 Å². The van der Waals surface area contributed by atoms with E-state index in [1.165, 1.54) is 37.7 Å². The molecule has 1 heterocycles.